The third-order valence-corrected chi connectivity index (χ3v) is 3.10. The highest BCUT2D eigenvalue weighted by Gasteiger charge is 2.14. The molecule has 0 aromatic heterocycles. The molecule has 0 aliphatic heterocycles. The summed E-state index contributed by atoms with van der Waals surface area (Å²) in [6.07, 6.45) is 1.66. The van der Waals surface area contributed by atoms with Crippen molar-refractivity contribution in [3.8, 4) is 11.1 Å². The van der Waals surface area contributed by atoms with Gasteiger partial charge in [0.1, 0.15) is 0 Å². The van der Waals surface area contributed by atoms with Gasteiger partial charge in [0.15, 0.2) is 0 Å². The Hall–Kier alpha value is -3.15. The molecule has 6 nitrogen and oxygen atoms in total. The molecule has 21 heavy (non-hydrogen) atoms. The molecule has 0 radical (unpaired) electrons. The van der Waals surface area contributed by atoms with Gasteiger partial charge < -0.3 is 22.2 Å². The van der Waals surface area contributed by atoms with Crippen molar-refractivity contribution in [2.24, 2.45) is 5.73 Å². The largest absolute Gasteiger partial charge is 0.398 e. The van der Waals surface area contributed by atoms with Crippen LogP contribution in [0.4, 0.5) is 11.4 Å². The summed E-state index contributed by atoms with van der Waals surface area (Å²) in [4.78, 5) is 21.8. The summed E-state index contributed by atoms with van der Waals surface area (Å²) in [5, 5.41) is 10.1. The lowest BCUT2D eigenvalue weighted by Crippen LogP contribution is -2.15. The average Bonchev–Trinajstić information content (AvgIpc) is 2.47. The van der Waals surface area contributed by atoms with Crippen LogP contribution in [-0.4, -0.2) is 18.5 Å². The highest BCUT2D eigenvalue weighted by molar-refractivity contribution is 6.05. The van der Waals surface area contributed by atoms with Gasteiger partial charge in [-0.3, -0.25) is 9.59 Å². The number of nitrogens with one attached hydrogen (secondary N) is 2. The van der Waals surface area contributed by atoms with Crippen LogP contribution in [0.25, 0.3) is 11.1 Å². The van der Waals surface area contributed by atoms with E-state index < -0.39 is 5.91 Å². The van der Waals surface area contributed by atoms with Gasteiger partial charge >= 0.3 is 0 Å². The first-order valence-electron chi connectivity index (χ1n) is 6.12. The number of amides is 2. The van der Waals surface area contributed by atoms with E-state index in [0.717, 1.165) is 11.8 Å². The third kappa shape index (κ3) is 2.74. The molecule has 0 saturated carbocycles. The molecule has 6 N–H and O–H groups in total. The van der Waals surface area contributed by atoms with Gasteiger partial charge in [0, 0.05) is 17.5 Å². The zero-order valence-electron chi connectivity index (χ0n) is 11.1. The SMILES string of the molecule is N=Cc1c(-c2cccc(NC=O)c2)ccc(C(N)=O)c1N. The van der Waals surface area contributed by atoms with E-state index in [1.54, 1.807) is 24.3 Å². The van der Waals surface area contributed by atoms with Crippen molar-refractivity contribution < 1.29 is 9.59 Å². The molecular formula is C15H14N4O2. The van der Waals surface area contributed by atoms with Gasteiger partial charge in [-0.05, 0) is 29.3 Å². The summed E-state index contributed by atoms with van der Waals surface area (Å²) in [6, 6.07) is 10.3. The Labute approximate surface area is 121 Å². The van der Waals surface area contributed by atoms with Gasteiger partial charge in [0.25, 0.3) is 5.91 Å². The van der Waals surface area contributed by atoms with Crippen molar-refractivity contribution in [2.75, 3.05) is 11.1 Å². The van der Waals surface area contributed by atoms with E-state index in [1.807, 2.05) is 6.07 Å². The van der Waals surface area contributed by atoms with Crippen molar-refractivity contribution in [3.63, 3.8) is 0 Å². The van der Waals surface area contributed by atoms with Crippen LogP contribution in [0.3, 0.4) is 0 Å². The lowest BCUT2D eigenvalue weighted by Gasteiger charge is -2.12. The molecule has 0 saturated heterocycles. The lowest BCUT2D eigenvalue weighted by molar-refractivity contribution is -0.105. The Morgan fingerprint density at radius 1 is 1.24 bits per heavy atom. The highest BCUT2D eigenvalue weighted by atomic mass is 16.1. The molecule has 6 heteroatoms. The smallest absolute Gasteiger partial charge is 0.250 e. The summed E-state index contributed by atoms with van der Waals surface area (Å²) < 4.78 is 0. The van der Waals surface area contributed by atoms with Crippen LogP contribution in [0.5, 0.6) is 0 Å². The van der Waals surface area contributed by atoms with E-state index in [2.05, 4.69) is 5.32 Å². The van der Waals surface area contributed by atoms with Gasteiger partial charge in [0.2, 0.25) is 6.41 Å². The van der Waals surface area contributed by atoms with Gasteiger partial charge in [-0.15, -0.1) is 0 Å². The maximum atomic E-state index is 11.3. The van der Waals surface area contributed by atoms with Crippen LogP contribution >= 0.6 is 0 Å². The maximum absolute atomic E-state index is 11.3. The molecule has 0 fully saturated rings. The van der Waals surface area contributed by atoms with Crippen LogP contribution in [0.2, 0.25) is 0 Å². The Morgan fingerprint density at radius 3 is 2.62 bits per heavy atom. The monoisotopic (exact) mass is 282 g/mol. The third-order valence-electron chi connectivity index (χ3n) is 3.10. The van der Waals surface area contributed by atoms with Crippen LogP contribution < -0.4 is 16.8 Å². The number of carbonyl (C=O) groups is 2. The molecule has 2 amide bonds. The zero-order chi connectivity index (χ0) is 15.4. The predicted molar refractivity (Wildman–Crippen MR) is 82.4 cm³/mol. The lowest BCUT2D eigenvalue weighted by atomic mass is 9.95. The molecule has 0 spiro atoms. The second kappa shape index (κ2) is 5.87. The fraction of sp³-hybridized carbons (Fsp3) is 0. The van der Waals surface area contributed by atoms with Crippen LogP contribution in [-0.2, 0) is 4.79 Å². The molecule has 2 rings (SSSR count). The molecule has 0 heterocycles. The van der Waals surface area contributed by atoms with Gasteiger partial charge in [-0.2, -0.15) is 0 Å². The van der Waals surface area contributed by atoms with Crippen molar-refractivity contribution in [1.82, 2.24) is 0 Å². The van der Waals surface area contributed by atoms with Crippen LogP contribution in [0.15, 0.2) is 36.4 Å². The van der Waals surface area contributed by atoms with Crippen molar-refractivity contribution >= 4 is 29.9 Å². The summed E-state index contributed by atoms with van der Waals surface area (Å²) >= 11 is 0. The van der Waals surface area contributed by atoms with E-state index in [9.17, 15) is 9.59 Å². The average molecular weight is 282 g/mol. The Bertz CT molecular complexity index is 726. The molecule has 2 aromatic carbocycles. The Kier molecular flexibility index (Phi) is 3.99. The number of benzene rings is 2. The summed E-state index contributed by atoms with van der Waals surface area (Å²) in [5.74, 6) is -0.640. The molecule has 0 atom stereocenters. The molecule has 0 unspecified atom stereocenters. The molecule has 0 aliphatic rings. The Morgan fingerprint density at radius 2 is 2.00 bits per heavy atom. The van der Waals surface area contributed by atoms with Gasteiger partial charge in [-0.1, -0.05) is 18.2 Å². The van der Waals surface area contributed by atoms with Crippen molar-refractivity contribution in [1.29, 1.82) is 5.41 Å². The van der Waals surface area contributed by atoms with Crippen molar-refractivity contribution in [3.05, 3.63) is 47.5 Å². The summed E-state index contributed by atoms with van der Waals surface area (Å²) in [5.41, 5.74) is 14.0. The summed E-state index contributed by atoms with van der Waals surface area (Å²) in [7, 11) is 0. The van der Waals surface area contributed by atoms with Crippen LogP contribution in [0.1, 0.15) is 15.9 Å². The molecule has 106 valence electrons. The van der Waals surface area contributed by atoms with E-state index in [4.69, 9.17) is 16.9 Å². The van der Waals surface area contributed by atoms with Gasteiger partial charge in [-0.25, -0.2) is 0 Å². The first-order valence-corrected chi connectivity index (χ1v) is 6.12. The quantitative estimate of drug-likeness (QED) is 0.378. The Balaban J connectivity index is 2.61. The second-order valence-electron chi connectivity index (χ2n) is 4.34. The number of anilines is 2. The molecule has 2 aromatic rings. The minimum atomic E-state index is -0.640. The molecular weight excluding hydrogens is 268 g/mol. The number of hydrogen-bond donors (Lipinski definition) is 4. The topological polar surface area (TPSA) is 122 Å². The zero-order valence-corrected chi connectivity index (χ0v) is 11.1. The first-order chi connectivity index (χ1) is 10.1. The van der Waals surface area contributed by atoms with E-state index in [1.165, 1.54) is 6.07 Å². The number of rotatable bonds is 5. The van der Waals surface area contributed by atoms with Gasteiger partial charge in [0.05, 0.1) is 11.3 Å². The number of carbonyl (C=O) groups excluding carboxylic acids is 2. The fourth-order valence-corrected chi connectivity index (χ4v) is 2.10. The number of nitrogen functional groups attached to an aromatic ring is 1. The minimum absolute atomic E-state index is 0.170. The minimum Gasteiger partial charge on any atom is -0.398 e. The highest BCUT2D eigenvalue weighted by Crippen LogP contribution is 2.30. The summed E-state index contributed by atoms with van der Waals surface area (Å²) in [6.45, 7) is 0. The first kappa shape index (κ1) is 14.3. The molecule has 0 bridgehead atoms. The number of primary amides is 1. The van der Waals surface area contributed by atoms with E-state index in [-0.39, 0.29) is 11.3 Å². The number of hydrogen-bond acceptors (Lipinski definition) is 4. The van der Waals surface area contributed by atoms with Crippen LogP contribution in [0, 0.1) is 5.41 Å². The predicted octanol–water partition coefficient (Wildman–Crippen LogP) is 1.60. The maximum Gasteiger partial charge on any atom is 0.250 e. The standard InChI is InChI=1S/C15H14N4O2/c16-7-13-11(4-5-12(14(13)17)15(18)21)9-2-1-3-10(6-9)19-8-20/h1-8,16H,17H2,(H2,18,21)(H,19,20). The fourth-order valence-electron chi connectivity index (χ4n) is 2.10. The van der Waals surface area contributed by atoms with E-state index in [0.29, 0.717) is 23.2 Å². The number of nitrogens with two attached hydrogens (primary N) is 2. The molecule has 0 aliphatic carbocycles. The normalized spacial score (nSPS) is 9.90. The second-order valence-corrected chi connectivity index (χ2v) is 4.34. The van der Waals surface area contributed by atoms with Crippen molar-refractivity contribution in [2.45, 2.75) is 0 Å². The van der Waals surface area contributed by atoms with E-state index >= 15 is 0 Å².